The van der Waals surface area contributed by atoms with Crippen molar-refractivity contribution in [3.63, 3.8) is 0 Å². The molecular weight excluding hydrogens is 290 g/mol. The number of para-hydroxylation sites is 1. The average Bonchev–Trinajstić information content (AvgIpc) is 2.75. The summed E-state index contributed by atoms with van der Waals surface area (Å²) in [5.74, 6) is -0.186. The highest BCUT2D eigenvalue weighted by molar-refractivity contribution is 7.99. The number of nitrogens with zero attached hydrogens (tertiary/aromatic N) is 3. The molecule has 1 aromatic heterocycles. The van der Waals surface area contributed by atoms with Crippen molar-refractivity contribution in [1.29, 1.82) is 0 Å². The number of fused-ring (bicyclic) bond motifs is 1. The molecule has 0 saturated heterocycles. The summed E-state index contributed by atoms with van der Waals surface area (Å²) >= 11 is 1.19. The first-order valence-electron chi connectivity index (χ1n) is 6.60. The largest absolute Gasteiger partial charge is 0.489 e. The number of hydrogen-bond donors (Lipinski definition) is 1. The minimum Gasteiger partial charge on any atom is -0.489 e. The first-order chi connectivity index (χ1) is 9.90. The maximum atomic E-state index is 10.8. The van der Waals surface area contributed by atoms with Crippen LogP contribution in [0.1, 0.15) is 13.8 Å². The second-order valence-corrected chi connectivity index (χ2v) is 5.97. The van der Waals surface area contributed by atoms with Gasteiger partial charge in [-0.3, -0.25) is 4.79 Å². The van der Waals surface area contributed by atoms with E-state index in [2.05, 4.69) is 4.98 Å². The molecule has 0 aliphatic heterocycles. The second-order valence-electron chi connectivity index (χ2n) is 5.03. The molecule has 7 heteroatoms. The molecule has 2 aromatic rings. The van der Waals surface area contributed by atoms with E-state index >= 15 is 0 Å². The van der Waals surface area contributed by atoms with Crippen molar-refractivity contribution in [2.75, 3.05) is 24.9 Å². The third-order valence-corrected chi connectivity index (χ3v) is 3.60. The fourth-order valence-corrected chi connectivity index (χ4v) is 2.79. The number of aromatic nitrogens is 2. The van der Waals surface area contributed by atoms with Crippen LogP contribution in [0.2, 0.25) is 0 Å². The zero-order chi connectivity index (χ0) is 15.6. The minimum absolute atomic E-state index is 0.0302. The van der Waals surface area contributed by atoms with Crippen molar-refractivity contribution >= 4 is 28.8 Å². The van der Waals surface area contributed by atoms with E-state index in [9.17, 15) is 4.79 Å². The predicted octanol–water partition coefficient (Wildman–Crippen LogP) is 2.20. The van der Waals surface area contributed by atoms with Gasteiger partial charge in [-0.1, -0.05) is 17.8 Å². The summed E-state index contributed by atoms with van der Waals surface area (Å²) in [6, 6.07) is 5.73. The van der Waals surface area contributed by atoms with Crippen molar-refractivity contribution < 1.29 is 14.6 Å². The number of carbonyl (C=O) groups is 1. The Hall–Kier alpha value is -1.89. The summed E-state index contributed by atoms with van der Waals surface area (Å²) in [6.07, 6.45) is 0.0511. The summed E-state index contributed by atoms with van der Waals surface area (Å²) in [6.45, 7) is 3.92. The SMILES string of the molecule is CC(C)Oc1cccc2c1nc(SCC(=O)O)n2N(C)C. The molecule has 0 fully saturated rings. The van der Waals surface area contributed by atoms with Crippen LogP contribution in [0.4, 0.5) is 0 Å². The first-order valence-corrected chi connectivity index (χ1v) is 7.59. The Labute approximate surface area is 127 Å². The Bertz CT molecular complexity index is 652. The van der Waals surface area contributed by atoms with Crippen molar-refractivity contribution in [1.82, 2.24) is 9.66 Å². The standard InChI is InChI=1S/C14H19N3O3S/c1-9(2)20-11-7-5-6-10-13(11)15-14(17(10)16(3)4)21-8-12(18)19/h5-7,9H,8H2,1-4H3,(H,18,19). The number of hydrogen-bond acceptors (Lipinski definition) is 5. The van der Waals surface area contributed by atoms with Crippen LogP contribution < -0.4 is 9.75 Å². The van der Waals surface area contributed by atoms with E-state index in [-0.39, 0.29) is 11.9 Å². The zero-order valence-corrected chi connectivity index (χ0v) is 13.3. The second kappa shape index (κ2) is 6.26. The molecular formula is C14H19N3O3S. The maximum absolute atomic E-state index is 10.8. The minimum atomic E-state index is -0.865. The molecule has 1 aromatic carbocycles. The number of carboxylic acids is 1. The van der Waals surface area contributed by atoms with E-state index in [1.165, 1.54) is 11.8 Å². The number of thioether (sulfide) groups is 1. The molecule has 114 valence electrons. The van der Waals surface area contributed by atoms with Gasteiger partial charge < -0.3 is 14.9 Å². The molecule has 1 heterocycles. The molecule has 2 rings (SSSR count). The van der Waals surface area contributed by atoms with Gasteiger partial charge in [-0.25, -0.2) is 9.66 Å². The Morgan fingerprint density at radius 1 is 1.48 bits per heavy atom. The van der Waals surface area contributed by atoms with Gasteiger partial charge in [0.2, 0.25) is 0 Å². The van der Waals surface area contributed by atoms with Crippen LogP contribution in [0.3, 0.4) is 0 Å². The van der Waals surface area contributed by atoms with Gasteiger partial charge in [0.05, 0.1) is 17.4 Å². The van der Waals surface area contributed by atoms with Gasteiger partial charge in [-0.2, -0.15) is 0 Å². The van der Waals surface area contributed by atoms with Crippen LogP contribution in [0.15, 0.2) is 23.4 Å². The zero-order valence-electron chi connectivity index (χ0n) is 12.5. The van der Waals surface area contributed by atoms with E-state index in [0.717, 1.165) is 11.0 Å². The molecule has 0 saturated carbocycles. The number of rotatable bonds is 6. The average molecular weight is 309 g/mol. The van der Waals surface area contributed by atoms with Crippen LogP contribution in [0.5, 0.6) is 5.75 Å². The molecule has 0 aliphatic rings. The third kappa shape index (κ3) is 3.41. The fraction of sp³-hybridized carbons (Fsp3) is 0.429. The molecule has 0 bridgehead atoms. The van der Waals surface area contributed by atoms with Gasteiger partial charge in [-0.05, 0) is 26.0 Å². The summed E-state index contributed by atoms with van der Waals surface area (Å²) in [4.78, 5) is 15.3. The van der Waals surface area contributed by atoms with Crippen LogP contribution >= 0.6 is 11.8 Å². The smallest absolute Gasteiger partial charge is 0.313 e. The van der Waals surface area contributed by atoms with E-state index in [4.69, 9.17) is 9.84 Å². The Kier molecular flexibility index (Phi) is 4.62. The van der Waals surface area contributed by atoms with E-state index < -0.39 is 5.97 Å². The summed E-state index contributed by atoms with van der Waals surface area (Å²) in [5.41, 5.74) is 1.64. The van der Waals surface area contributed by atoms with Crippen molar-refractivity contribution in [3.05, 3.63) is 18.2 Å². The van der Waals surface area contributed by atoms with Crippen molar-refractivity contribution in [2.24, 2.45) is 0 Å². The number of carboxylic acid groups (broad SMARTS) is 1. The molecule has 21 heavy (non-hydrogen) atoms. The lowest BCUT2D eigenvalue weighted by atomic mass is 10.3. The molecule has 0 aliphatic carbocycles. The lowest BCUT2D eigenvalue weighted by Crippen LogP contribution is -2.25. The molecule has 0 spiro atoms. The topological polar surface area (TPSA) is 67.6 Å². The van der Waals surface area contributed by atoms with Crippen LogP contribution in [0.25, 0.3) is 11.0 Å². The highest BCUT2D eigenvalue weighted by Gasteiger charge is 2.17. The highest BCUT2D eigenvalue weighted by atomic mass is 32.2. The van der Waals surface area contributed by atoms with E-state index in [1.54, 1.807) is 0 Å². The summed E-state index contributed by atoms with van der Waals surface area (Å²) in [5, 5.41) is 11.4. The van der Waals surface area contributed by atoms with Crippen molar-refractivity contribution in [3.8, 4) is 5.75 Å². The fourth-order valence-electron chi connectivity index (χ4n) is 2.00. The normalized spacial score (nSPS) is 11.1. The van der Waals surface area contributed by atoms with Gasteiger partial charge in [0, 0.05) is 14.1 Å². The summed E-state index contributed by atoms with van der Waals surface area (Å²) in [7, 11) is 3.78. The molecule has 0 atom stereocenters. The maximum Gasteiger partial charge on any atom is 0.313 e. The Morgan fingerprint density at radius 2 is 2.19 bits per heavy atom. The van der Waals surface area contributed by atoms with Crippen LogP contribution in [-0.2, 0) is 4.79 Å². The Morgan fingerprint density at radius 3 is 2.76 bits per heavy atom. The van der Waals surface area contributed by atoms with Crippen LogP contribution in [0, 0.1) is 0 Å². The lowest BCUT2D eigenvalue weighted by Gasteiger charge is -2.17. The summed E-state index contributed by atoms with van der Waals surface area (Å²) < 4.78 is 7.67. The number of benzene rings is 1. The lowest BCUT2D eigenvalue weighted by molar-refractivity contribution is -0.133. The quantitative estimate of drug-likeness (QED) is 0.825. The predicted molar refractivity (Wildman–Crippen MR) is 83.9 cm³/mol. The van der Waals surface area contributed by atoms with Gasteiger partial charge in [-0.15, -0.1) is 0 Å². The molecule has 0 unspecified atom stereocenters. The van der Waals surface area contributed by atoms with Crippen molar-refractivity contribution in [2.45, 2.75) is 25.1 Å². The first kappa shape index (κ1) is 15.5. The van der Waals surface area contributed by atoms with Gasteiger partial charge in [0.1, 0.15) is 11.3 Å². The van der Waals surface area contributed by atoms with Gasteiger partial charge >= 0.3 is 5.97 Å². The number of ether oxygens (including phenoxy) is 1. The van der Waals surface area contributed by atoms with Crippen LogP contribution in [-0.4, -0.2) is 46.7 Å². The molecule has 0 amide bonds. The van der Waals surface area contributed by atoms with E-state index in [0.29, 0.717) is 10.9 Å². The molecule has 0 radical (unpaired) electrons. The Balaban J connectivity index is 2.52. The molecule has 6 nitrogen and oxygen atoms in total. The monoisotopic (exact) mass is 309 g/mol. The number of aliphatic carboxylic acids is 1. The van der Waals surface area contributed by atoms with Gasteiger partial charge in [0.15, 0.2) is 5.16 Å². The highest BCUT2D eigenvalue weighted by Crippen LogP contribution is 2.30. The number of imidazole rings is 1. The van der Waals surface area contributed by atoms with E-state index in [1.807, 2.05) is 55.8 Å². The van der Waals surface area contributed by atoms with Gasteiger partial charge in [0.25, 0.3) is 0 Å². The molecule has 1 N–H and O–H groups in total. The third-order valence-electron chi connectivity index (χ3n) is 2.68.